The number of nitrogens with two attached hydrogens (primary N) is 1. The fraction of sp³-hybridized carbons (Fsp3) is 0.533. The molecular formula is C15H22N2O2. The molecule has 0 aliphatic carbocycles. The van der Waals surface area contributed by atoms with Gasteiger partial charge in [-0.1, -0.05) is 12.1 Å². The van der Waals surface area contributed by atoms with E-state index in [1.807, 2.05) is 19.1 Å². The second kappa shape index (κ2) is 6.57. The van der Waals surface area contributed by atoms with Crippen LogP contribution in [0.15, 0.2) is 18.2 Å². The number of aryl methyl sites for hydroxylation is 1. The van der Waals surface area contributed by atoms with Crippen LogP contribution in [0.5, 0.6) is 0 Å². The quantitative estimate of drug-likeness (QED) is 0.818. The van der Waals surface area contributed by atoms with Crippen LogP contribution in [0.3, 0.4) is 0 Å². The molecule has 1 fully saturated rings. The zero-order valence-electron chi connectivity index (χ0n) is 11.4. The van der Waals surface area contributed by atoms with Crippen molar-refractivity contribution < 1.29 is 9.53 Å². The summed E-state index contributed by atoms with van der Waals surface area (Å²) in [7, 11) is 0. The van der Waals surface area contributed by atoms with Crippen LogP contribution in [0.2, 0.25) is 0 Å². The molecule has 0 aromatic heterocycles. The van der Waals surface area contributed by atoms with Gasteiger partial charge in [0.1, 0.15) is 0 Å². The van der Waals surface area contributed by atoms with Gasteiger partial charge in [0, 0.05) is 18.8 Å². The van der Waals surface area contributed by atoms with Crippen molar-refractivity contribution in [1.29, 1.82) is 0 Å². The van der Waals surface area contributed by atoms with Gasteiger partial charge in [-0.15, -0.1) is 0 Å². The first-order valence-electron chi connectivity index (χ1n) is 6.93. The smallest absolute Gasteiger partial charge is 0.253 e. The average Bonchev–Trinajstić information content (AvgIpc) is 2.43. The highest BCUT2D eigenvalue weighted by molar-refractivity contribution is 5.99. The number of para-hydroxylation sites is 1. The van der Waals surface area contributed by atoms with Crippen molar-refractivity contribution in [2.24, 2.45) is 0 Å². The van der Waals surface area contributed by atoms with Gasteiger partial charge in [0.05, 0.1) is 11.7 Å². The third-order valence-corrected chi connectivity index (χ3v) is 3.59. The first kappa shape index (κ1) is 13.9. The molecule has 1 aromatic carbocycles. The van der Waals surface area contributed by atoms with Crippen LogP contribution >= 0.6 is 0 Å². The summed E-state index contributed by atoms with van der Waals surface area (Å²) in [6.45, 7) is 3.39. The monoisotopic (exact) mass is 262 g/mol. The molecule has 3 N–H and O–H groups in total. The number of nitrogens with one attached hydrogen (secondary N) is 1. The Morgan fingerprint density at radius 3 is 3.05 bits per heavy atom. The first-order valence-corrected chi connectivity index (χ1v) is 6.93. The van der Waals surface area contributed by atoms with Crippen LogP contribution in [0.4, 0.5) is 5.69 Å². The number of hydrogen-bond donors (Lipinski definition) is 2. The van der Waals surface area contributed by atoms with E-state index in [4.69, 9.17) is 10.5 Å². The van der Waals surface area contributed by atoms with Crippen molar-refractivity contribution in [3.63, 3.8) is 0 Å². The zero-order chi connectivity index (χ0) is 13.7. The van der Waals surface area contributed by atoms with Crippen molar-refractivity contribution in [1.82, 2.24) is 5.32 Å². The SMILES string of the molecule is Cc1cccc(C(=O)NCCC2CCCCO2)c1N. The molecule has 1 amide bonds. The van der Waals surface area contributed by atoms with Gasteiger partial charge in [0.2, 0.25) is 0 Å². The normalized spacial score (nSPS) is 19.1. The molecule has 2 rings (SSSR count). The summed E-state index contributed by atoms with van der Waals surface area (Å²) in [4.78, 5) is 12.0. The molecule has 1 aliphatic rings. The fourth-order valence-electron chi connectivity index (χ4n) is 2.36. The number of carbonyl (C=O) groups excluding carboxylic acids is 1. The van der Waals surface area contributed by atoms with E-state index in [2.05, 4.69) is 5.32 Å². The Morgan fingerprint density at radius 1 is 1.47 bits per heavy atom. The molecule has 0 spiro atoms. The Bertz CT molecular complexity index is 440. The topological polar surface area (TPSA) is 64.3 Å². The van der Waals surface area contributed by atoms with E-state index in [0.717, 1.165) is 31.4 Å². The number of benzene rings is 1. The van der Waals surface area contributed by atoms with Crippen LogP contribution in [0, 0.1) is 6.92 Å². The first-order chi connectivity index (χ1) is 9.18. The van der Waals surface area contributed by atoms with E-state index in [1.165, 1.54) is 6.42 Å². The molecule has 0 saturated carbocycles. The van der Waals surface area contributed by atoms with Crippen LogP contribution in [0.1, 0.15) is 41.6 Å². The lowest BCUT2D eigenvalue weighted by molar-refractivity contribution is 0.0117. The van der Waals surface area contributed by atoms with Gasteiger partial charge < -0.3 is 15.8 Å². The second-order valence-electron chi connectivity index (χ2n) is 5.07. The maximum absolute atomic E-state index is 12.0. The molecule has 1 unspecified atom stereocenters. The number of anilines is 1. The summed E-state index contributed by atoms with van der Waals surface area (Å²) in [5.74, 6) is -0.1000. The van der Waals surface area contributed by atoms with E-state index >= 15 is 0 Å². The molecule has 104 valence electrons. The number of ether oxygens (including phenoxy) is 1. The van der Waals surface area contributed by atoms with Crippen molar-refractivity contribution >= 4 is 11.6 Å². The predicted molar refractivity (Wildman–Crippen MR) is 76.1 cm³/mol. The summed E-state index contributed by atoms with van der Waals surface area (Å²) < 4.78 is 5.63. The van der Waals surface area contributed by atoms with E-state index in [0.29, 0.717) is 23.9 Å². The second-order valence-corrected chi connectivity index (χ2v) is 5.07. The third-order valence-electron chi connectivity index (χ3n) is 3.59. The molecule has 1 heterocycles. The summed E-state index contributed by atoms with van der Waals surface area (Å²) in [6, 6.07) is 5.52. The molecule has 1 saturated heterocycles. The van der Waals surface area contributed by atoms with Crippen molar-refractivity contribution in [3.05, 3.63) is 29.3 Å². The van der Waals surface area contributed by atoms with E-state index in [-0.39, 0.29) is 5.91 Å². The Morgan fingerprint density at radius 2 is 2.32 bits per heavy atom. The molecule has 1 aromatic rings. The number of rotatable bonds is 4. The molecule has 4 nitrogen and oxygen atoms in total. The summed E-state index contributed by atoms with van der Waals surface area (Å²) in [6.07, 6.45) is 4.65. The molecule has 1 aliphatic heterocycles. The van der Waals surface area contributed by atoms with Crippen molar-refractivity contribution in [2.75, 3.05) is 18.9 Å². The Labute approximate surface area is 114 Å². The van der Waals surface area contributed by atoms with Crippen LogP contribution in [0.25, 0.3) is 0 Å². The summed E-state index contributed by atoms with van der Waals surface area (Å²) in [5.41, 5.74) is 7.97. The maximum Gasteiger partial charge on any atom is 0.253 e. The van der Waals surface area contributed by atoms with Crippen molar-refractivity contribution in [2.45, 2.75) is 38.7 Å². The highest BCUT2D eigenvalue weighted by atomic mass is 16.5. The standard InChI is InChI=1S/C15H22N2O2/c1-11-5-4-7-13(14(11)16)15(18)17-9-8-12-6-2-3-10-19-12/h4-5,7,12H,2-3,6,8-10,16H2,1H3,(H,17,18). The van der Waals surface area contributed by atoms with Gasteiger partial charge in [0.15, 0.2) is 0 Å². The van der Waals surface area contributed by atoms with Gasteiger partial charge in [-0.25, -0.2) is 0 Å². The Balaban J connectivity index is 1.82. The average molecular weight is 262 g/mol. The van der Waals surface area contributed by atoms with Crippen molar-refractivity contribution in [3.8, 4) is 0 Å². The van der Waals surface area contributed by atoms with E-state index in [9.17, 15) is 4.79 Å². The van der Waals surface area contributed by atoms with Gasteiger partial charge in [-0.3, -0.25) is 4.79 Å². The van der Waals surface area contributed by atoms with Crippen LogP contribution < -0.4 is 11.1 Å². The number of nitrogen functional groups attached to an aromatic ring is 1. The lowest BCUT2D eigenvalue weighted by Gasteiger charge is -2.22. The third kappa shape index (κ3) is 3.70. The molecular weight excluding hydrogens is 240 g/mol. The number of carbonyl (C=O) groups is 1. The Hall–Kier alpha value is -1.55. The largest absolute Gasteiger partial charge is 0.398 e. The highest BCUT2D eigenvalue weighted by Gasteiger charge is 2.15. The minimum absolute atomic E-state index is 0.1000. The molecule has 4 heteroatoms. The molecule has 1 atom stereocenters. The molecule has 0 bridgehead atoms. The van der Waals surface area contributed by atoms with E-state index in [1.54, 1.807) is 6.07 Å². The lowest BCUT2D eigenvalue weighted by Crippen LogP contribution is -2.30. The summed E-state index contributed by atoms with van der Waals surface area (Å²) >= 11 is 0. The van der Waals surface area contributed by atoms with Gasteiger partial charge in [0.25, 0.3) is 5.91 Å². The van der Waals surface area contributed by atoms with Gasteiger partial charge in [-0.05, 0) is 44.2 Å². The lowest BCUT2D eigenvalue weighted by atomic mass is 10.1. The molecule has 0 radical (unpaired) electrons. The van der Waals surface area contributed by atoms with Gasteiger partial charge in [-0.2, -0.15) is 0 Å². The van der Waals surface area contributed by atoms with Crippen LogP contribution in [-0.2, 0) is 4.74 Å². The number of amides is 1. The number of hydrogen-bond acceptors (Lipinski definition) is 3. The maximum atomic E-state index is 12.0. The molecule has 19 heavy (non-hydrogen) atoms. The van der Waals surface area contributed by atoms with Gasteiger partial charge >= 0.3 is 0 Å². The van der Waals surface area contributed by atoms with Crippen LogP contribution in [-0.4, -0.2) is 25.2 Å². The fourth-order valence-corrected chi connectivity index (χ4v) is 2.36. The zero-order valence-corrected chi connectivity index (χ0v) is 11.4. The summed E-state index contributed by atoms with van der Waals surface area (Å²) in [5, 5.41) is 2.92. The minimum atomic E-state index is -0.1000. The predicted octanol–water partition coefficient (Wildman–Crippen LogP) is 2.27. The Kier molecular flexibility index (Phi) is 4.80. The highest BCUT2D eigenvalue weighted by Crippen LogP contribution is 2.17. The minimum Gasteiger partial charge on any atom is -0.398 e. The van der Waals surface area contributed by atoms with E-state index < -0.39 is 0 Å².